The molecule has 0 bridgehead atoms. The molecule has 3 heteroatoms. The lowest BCUT2D eigenvalue weighted by Gasteiger charge is -2.16. The fourth-order valence-corrected chi connectivity index (χ4v) is 2.09. The first-order valence-corrected chi connectivity index (χ1v) is 5.86. The third kappa shape index (κ3) is 3.81. The summed E-state index contributed by atoms with van der Waals surface area (Å²) in [6.07, 6.45) is 1.53. The molecule has 0 N–H and O–H groups in total. The molecule has 0 aliphatic heterocycles. The Balaban J connectivity index is 2.52. The SMILES string of the molecule is CC(C)(C)CCC(=O)c1ccc(Cl)s1. The highest BCUT2D eigenvalue weighted by atomic mass is 35.5. The molecule has 0 atom stereocenters. The maximum atomic E-state index is 11.7. The van der Waals surface area contributed by atoms with Crippen LogP contribution in [0.5, 0.6) is 0 Å². The number of Topliss-reactive ketones (excluding diaryl/α,β-unsaturated/α-hetero) is 1. The molecule has 0 aromatic carbocycles. The zero-order valence-electron chi connectivity index (χ0n) is 8.76. The molecule has 1 rings (SSSR count). The summed E-state index contributed by atoms with van der Waals surface area (Å²) in [7, 11) is 0. The highest BCUT2D eigenvalue weighted by molar-refractivity contribution is 7.18. The second-order valence-corrected chi connectivity index (χ2v) is 6.30. The lowest BCUT2D eigenvalue weighted by Crippen LogP contribution is -2.08. The van der Waals surface area contributed by atoms with Gasteiger partial charge < -0.3 is 0 Å². The van der Waals surface area contributed by atoms with Gasteiger partial charge in [0.1, 0.15) is 0 Å². The van der Waals surface area contributed by atoms with Gasteiger partial charge in [0.05, 0.1) is 9.21 Å². The molecule has 0 aliphatic carbocycles. The van der Waals surface area contributed by atoms with Crippen molar-refractivity contribution in [1.29, 1.82) is 0 Å². The van der Waals surface area contributed by atoms with Gasteiger partial charge >= 0.3 is 0 Å². The van der Waals surface area contributed by atoms with Crippen LogP contribution in [0.15, 0.2) is 12.1 Å². The number of thiophene rings is 1. The largest absolute Gasteiger partial charge is 0.293 e. The molecule has 0 saturated carbocycles. The molecule has 0 amide bonds. The molecule has 0 fully saturated rings. The lowest BCUT2D eigenvalue weighted by molar-refractivity contribution is 0.0970. The van der Waals surface area contributed by atoms with E-state index < -0.39 is 0 Å². The Morgan fingerprint density at radius 3 is 2.50 bits per heavy atom. The van der Waals surface area contributed by atoms with Gasteiger partial charge in [0, 0.05) is 6.42 Å². The van der Waals surface area contributed by atoms with Crippen molar-refractivity contribution in [3.05, 3.63) is 21.3 Å². The zero-order valence-corrected chi connectivity index (χ0v) is 10.3. The van der Waals surface area contributed by atoms with Gasteiger partial charge in [-0.15, -0.1) is 11.3 Å². The standard InChI is InChI=1S/C11H15ClOS/c1-11(2,3)7-6-8(13)9-4-5-10(12)14-9/h4-5H,6-7H2,1-3H3. The first-order valence-electron chi connectivity index (χ1n) is 4.67. The minimum atomic E-state index is 0.205. The van der Waals surface area contributed by atoms with E-state index in [9.17, 15) is 4.79 Å². The summed E-state index contributed by atoms with van der Waals surface area (Å²) in [5.74, 6) is 0.205. The second kappa shape index (κ2) is 4.45. The van der Waals surface area contributed by atoms with Crippen LogP contribution < -0.4 is 0 Å². The van der Waals surface area contributed by atoms with Crippen molar-refractivity contribution < 1.29 is 4.79 Å². The number of ketones is 1. The third-order valence-corrected chi connectivity index (χ3v) is 3.22. The number of rotatable bonds is 3. The topological polar surface area (TPSA) is 17.1 Å². The Morgan fingerprint density at radius 2 is 2.07 bits per heavy atom. The van der Waals surface area contributed by atoms with E-state index in [1.807, 2.05) is 0 Å². The van der Waals surface area contributed by atoms with Crippen LogP contribution in [0.3, 0.4) is 0 Å². The highest BCUT2D eigenvalue weighted by Gasteiger charge is 2.15. The fourth-order valence-electron chi connectivity index (χ4n) is 1.08. The predicted octanol–water partition coefficient (Wildman–Crippen LogP) is 4.41. The molecule has 1 aromatic heterocycles. The van der Waals surface area contributed by atoms with Gasteiger partial charge in [-0.3, -0.25) is 4.79 Å². The number of carbonyl (C=O) groups excluding carboxylic acids is 1. The molecule has 0 spiro atoms. The summed E-state index contributed by atoms with van der Waals surface area (Å²) in [5.41, 5.74) is 0.219. The number of halogens is 1. The quantitative estimate of drug-likeness (QED) is 0.703. The number of carbonyl (C=O) groups is 1. The van der Waals surface area contributed by atoms with E-state index in [-0.39, 0.29) is 11.2 Å². The van der Waals surface area contributed by atoms with Gasteiger partial charge in [-0.05, 0) is 24.0 Å². The van der Waals surface area contributed by atoms with E-state index in [0.29, 0.717) is 10.8 Å². The summed E-state index contributed by atoms with van der Waals surface area (Å²) in [4.78, 5) is 12.4. The molecular formula is C11H15ClOS. The van der Waals surface area contributed by atoms with Crippen molar-refractivity contribution >= 4 is 28.7 Å². The predicted molar refractivity (Wildman–Crippen MR) is 62.3 cm³/mol. The smallest absolute Gasteiger partial charge is 0.172 e. The summed E-state index contributed by atoms with van der Waals surface area (Å²) in [6, 6.07) is 3.58. The lowest BCUT2D eigenvalue weighted by atomic mass is 9.89. The minimum Gasteiger partial charge on any atom is -0.293 e. The molecule has 0 unspecified atom stereocenters. The Bertz CT molecular complexity index is 322. The average molecular weight is 231 g/mol. The molecule has 1 aromatic rings. The molecule has 0 aliphatic rings. The van der Waals surface area contributed by atoms with Gasteiger partial charge in [0.15, 0.2) is 5.78 Å². The molecule has 0 radical (unpaired) electrons. The van der Waals surface area contributed by atoms with Crippen molar-refractivity contribution in [2.45, 2.75) is 33.6 Å². The Hall–Kier alpha value is -0.340. The van der Waals surface area contributed by atoms with E-state index in [2.05, 4.69) is 20.8 Å². The van der Waals surface area contributed by atoms with Crippen LogP contribution in [0, 0.1) is 5.41 Å². The molecule has 1 nitrogen and oxygen atoms in total. The Labute approximate surface area is 94.1 Å². The molecule has 1 heterocycles. The van der Waals surface area contributed by atoms with Crippen LogP contribution in [0.2, 0.25) is 4.34 Å². The first kappa shape index (κ1) is 11.7. The highest BCUT2D eigenvalue weighted by Crippen LogP contribution is 2.26. The minimum absolute atomic E-state index is 0.205. The van der Waals surface area contributed by atoms with Gasteiger partial charge in [-0.1, -0.05) is 32.4 Å². The summed E-state index contributed by atoms with van der Waals surface area (Å²) in [5, 5.41) is 0. The number of hydrogen-bond donors (Lipinski definition) is 0. The maximum Gasteiger partial charge on any atom is 0.172 e. The normalized spacial score (nSPS) is 11.7. The van der Waals surface area contributed by atoms with Crippen LogP contribution in [0.25, 0.3) is 0 Å². The van der Waals surface area contributed by atoms with Crippen LogP contribution in [0.4, 0.5) is 0 Å². The van der Waals surface area contributed by atoms with Gasteiger partial charge in [-0.2, -0.15) is 0 Å². The van der Waals surface area contributed by atoms with Crippen molar-refractivity contribution in [3.8, 4) is 0 Å². The maximum absolute atomic E-state index is 11.7. The van der Waals surface area contributed by atoms with Crippen molar-refractivity contribution in [2.24, 2.45) is 5.41 Å². The van der Waals surface area contributed by atoms with Crippen molar-refractivity contribution in [1.82, 2.24) is 0 Å². The van der Waals surface area contributed by atoms with E-state index in [0.717, 1.165) is 11.3 Å². The fraction of sp³-hybridized carbons (Fsp3) is 0.545. The summed E-state index contributed by atoms with van der Waals surface area (Å²) < 4.78 is 0.684. The van der Waals surface area contributed by atoms with Crippen LogP contribution in [-0.4, -0.2) is 5.78 Å². The third-order valence-electron chi connectivity index (χ3n) is 1.95. The van der Waals surface area contributed by atoms with Crippen LogP contribution in [0.1, 0.15) is 43.3 Å². The van der Waals surface area contributed by atoms with Crippen LogP contribution >= 0.6 is 22.9 Å². The monoisotopic (exact) mass is 230 g/mol. The van der Waals surface area contributed by atoms with Crippen molar-refractivity contribution in [3.63, 3.8) is 0 Å². The first-order chi connectivity index (χ1) is 6.38. The zero-order chi connectivity index (χ0) is 10.8. The molecule has 0 saturated heterocycles. The van der Waals surface area contributed by atoms with E-state index in [1.165, 1.54) is 11.3 Å². The Morgan fingerprint density at radius 1 is 1.43 bits per heavy atom. The van der Waals surface area contributed by atoms with Gasteiger partial charge in [0.25, 0.3) is 0 Å². The van der Waals surface area contributed by atoms with E-state index in [1.54, 1.807) is 12.1 Å². The van der Waals surface area contributed by atoms with E-state index >= 15 is 0 Å². The molecule has 14 heavy (non-hydrogen) atoms. The van der Waals surface area contributed by atoms with E-state index in [4.69, 9.17) is 11.6 Å². The summed E-state index contributed by atoms with van der Waals surface area (Å²) in [6.45, 7) is 6.42. The van der Waals surface area contributed by atoms with Gasteiger partial charge in [0.2, 0.25) is 0 Å². The molecular weight excluding hydrogens is 216 g/mol. The number of hydrogen-bond acceptors (Lipinski definition) is 2. The second-order valence-electron chi connectivity index (χ2n) is 4.59. The Kier molecular flexibility index (Phi) is 3.73. The van der Waals surface area contributed by atoms with Gasteiger partial charge in [-0.25, -0.2) is 0 Å². The van der Waals surface area contributed by atoms with Crippen LogP contribution in [-0.2, 0) is 0 Å². The van der Waals surface area contributed by atoms with Crippen molar-refractivity contribution in [2.75, 3.05) is 0 Å². The molecule has 78 valence electrons. The summed E-state index contributed by atoms with van der Waals surface area (Å²) >= 11 is 7.12. The average Bonchev–Trinajstić information content (AvgIpc) is 2.46.